The van der Waals surface area contributed by atoms with E-state index in [0.717, 1.165) is 0 Å². The number of anilines is 2. The van der Waals surface area contributed by atoms with Crippen LogP contribution in [0.2, 0.25) is 0 Å². The van der Waals surface area contributed by atoms with Crippen molar-refractivity contribution < 1.29 is 13.9 Å². The number of halogens is 1. The first kappa shape index (κ1) is 17.2. The van der Waals surface area contributed by atoms with E-state index in [1.165, 1.54) is 17.0 Å². The number of nitrogens with zero attached hydrogens (tertiary/aromatic N) is 2. The van der Waals surface area contributed by atoms with E-state index in [1.54, 1.807) is 26.8 Å². The standard InChI is InChI=1S/C15H24FN3O2/c1-15(2,3)21-14(20)19(9-8-18(4)5)13-7-6-11(17)10-12(13)16/h6-7,10H,8-9,17H2,1-5H3. The van der Waals surface area contributed by atoms with Crippen molar-refractivity contribution in [2.75, 3.05) is 37.8 Å². The van der Waals surface area contributed by atoms with Gasteiger partial charge in [-0.3, -0.25) is 4.90 Å². The molecule has 1 aromatic carbocycles. The van der Waals surface area contributed by atoms with Crippen molar-refractivity contribution in [1.29, 1.82) is 0 Å². The Kier molecular flexibility index (Phi) is 5.54. The van der Waals surface area contributed by atoms with Crippen LogP contribution in [0, 0.1) is 5.82 Å². The fourth-order valence-electron chi connectivity index (χ4n) is 1.67. The summed E-state index contributed by atoms with van der Waals surface area (Å²) in [7, 11) is 3.76. The molecule has 0 spiro atoms. The number of carbonyl (C=O) groups is 1. The first-order valence-electron chi connectivity index (χ1n) is 6.80. The smallest absolute Gasteiger partial charge is 0.414 e. The summed E-state index contributed by atoms with van der Waals surface area (Å²) in [6.07, 6.45) is -0.576. The van der Waals surface area contributed by atoms with Crippen LogP contribution in [0.3, 0.4) is 0 Å². The third-order valence-electron chi connectivity index (χ3n) is 2.65. The summed E-state index contributed by atoms with van der Waals surface area (Å²) >= 11 is 0. The Balaban J connectivity index is 3.03. The van der Waals surface area contributed by atoms with Gasteiger partial charge in [0.2, 0.25) is 0 Å². The molecule has 0 radical (unpaired) electrons. The van der Waals surface area contributed by atoms with Gasteiger partial charge in [0.25, 0.3) is 0 Å². The second-order valence-electron chi connectivity index (χ2n) is 6.15. The molecular formula is C15H24FN3O2. The normalized spacial score (nSPS) is 11.6. The molecule has 0 fully saturated rings. The van der Waals surface area contributed by atoms with Gasteiger partial charge in [0.05, 0.1) is 5.69 Å². The summed E-state index contributed by atoms with van der Waals surface area (Å²) in [5, 5.41) is 0. The lowest BCUT2D eigenvalue weighted by molar-refractivity contribution is 0.0577. The molecule has 0 aliphatic heterocycles. The monoisotopic (exact) mass is 297 g/mol. The van der Waals surface area contributed by atoms with Crippen LogP contribution < -0.4 is 10.6 Å². The number of carbonyl (C=O) groups excluding carboxylic acids is 1. The Bertz CT molecular complexity index is 498. The van der Waals surface area contributed by atoms with Crippen LogP contribution in [0.4, 0.5) is 20.6 Å². The van der Waals surface area contributed by atoms with Gasteiger partial charge >= 0.3 is 6.09 Å². The minimum atomic E-state index is -0.641. The lowest BCUT2D eigenvalue weighted by Crippen LogP contribution is -2.41. The first-order chi connectivity index (χ1) is 9.60. The maximum absolute atomic E-state index is 14.1. The SMILES string of the molecule is CN(C)CCN(C(=O)OC(C)(C)C)c1ccc(N)cc1F. The molecule has 1 amide bonds. The number of amides is 1. The van der Waals surface area contributed by atoms with Crippen molar-refractivity contribution in [3.63, 3.8) is 0 Å². The predicted octanol–water partition coefficient (Wildman–Crippen LogP) is 2.71. The number of hydrogen-bond acceptors (Lipinski definition) is 4. The van der Waals surface area contributed by atoms with Crippen LogP contribution in [-0.2, 0) is 4.74 Å². The Morgan fingerprint density at radius 2 is 1.90 bits per heavy atom. The maximum Gasteiger partial charge on any atom is 0.414 e. The molecule has 5 nitrogen and oxygen atoms in total. The third-order valence-corrected chi connectivity index (χ3v) is 2.65. The van der Waals surface area contributed by atoms with Gasteiger partial charge in [0, 0.05) is 18.8 Å². The molecule has 118 valence electrons. The van der Waals surface area contributed by atoms with Crippen molar-refractivity contribution in [3.8, 4) is 0 Å². The highest BCUT2D eigenvalue weighted by Crippen LogP contribution is 2.23. The van der Waals surface area contributed by atoms with Crippen molar-refractivity contribution >= 4 is 17.5 Å². The molecule has 1 aromatic rings. The number of benzene rings is 1. The van der Waals surface area contributed by atoms with E-state index in [1.807, 2.05) is 19.0 Å². The second kappa shape index (κ2) is 6.76. The minimum Gasteiger partial charge on any atom is -0.443 e. The number of ether oxygens (including phenoxy) is 1. The fraction of sp³-hybridized carbons (Fsp3) is 0.533. The molecule has 0 atom stereocenters. The van der Waals surface area contributed by atoms with E-state index in [2.05, 4.69) is 0 Å². The van der Waals surface area contributed by atoms with E-state index in [-0.39, 0.29) is 5.69 Å². The van der Waals surface area contributed by atoms with Gasteiger partial charge in [0.1, 0.15) is 11.4 Å². The van der Waals surface area contributed by atoms with Crippen LogP contribution in [0.1, 0.15) is 20.8 Å². The average molecular weight is 297 g/mol. The van der Waals surface area contributed by atoms with Crippen molar-refractivity contribution in [1.82, 2.24) is 4.90 Å². The van der Waals surface area contributed by atoms with Gasteiger partial charge in [-0.05, 0) is 53.1 Å². The van der Waals surface area contributed by atoms with E-state index in [0.29, 0.717) is 18.8 Å². The van der Waals surface area contributed by atoms with Crippen LogP contribution in [-0.4, -0.2) is 43.8 Å². The quantitative estimate of drug-likeness (QED) is 0.868. The topological polar surface area (TPSA) is 58.8 Å². The van der Waals surface area contributed by atoms with Crippen molar-refractivity contribution in [3.05, 3.63) is 24.0 Å². The molecule has 0 heterocycles. The molecule has 2 N–H and O–H groups in total. The van der Waals surface area contributed by atoms with Crippen LogP contribution in [0.5, 0.6) is 0 Å². The van der Waals surface area contributed by atoms with Crippen molar-refractivity contribution in [2.45, 2.75) is 26.4 Å². The molecule has 0 unspecified atom stereocenters. The highest BCUT2D eigenvalue weighted by Gasteiger charge is 2.25. The summed E-state index contributed by atoms with van der Waals surface area (Å²) in [5.41, 5.74) is 5.38. The van der Waals surface area contributed by atoms with Gasteiger partial charge in [-0.15, -0.1) is 0 Å². The van der Waals surface area contributed by atoms with E-state index in [9.17, 15) is 9.18 Å². The molecule has 0 saturated heterocycles. The zero-order valence-electron chi connectivity index (χ0n) is 13.3. The molecule has 0 aliphatic carbocycles. The average Bonchev–Trinajstić information content (AvgIpc) is 2.29. The maximum atomic E-state index is 14.1. The molecule has 0 bridgehead atoms. The van der Waals surface area contributed by atoms with Gasteiger partial charge < -0.3 is 15.4 Å². The number of nitrogens with two attached hydrogens (primary N) is 1. The number of rotatable bonds is 4. The highest BCUT2D eigenvalue weighted by molar-refractivity contribution is 5.88. The molecule has 1 rings (SSSR count). The van der Waals surface area contributed by atoms with Crippen molar-refractivity contribution in [2.24, 2.45) is 0 Å². The second-order valence-corrected chi connectivity index (χ2v) is 6.15. The Hall–Kier alpha value is -1.82. The van der Waals surface area contributed by atoms with E-state index < -0.39 is 17.5 Å². The molecule has 0 aromatic heterocycles. The lowest BCUT2D eigenvalue weighted by atomic mass is 10.2. The zero-order chi connectivity index (χ0) is 16.2. The highest BCUT2D eigenvalue weighted by atomic mass is 19.1. The summed E-state index contributed by atoms with van der Waals surface area (Å²) in [6.45, 7) is 6.23. The zero-order valence-corrected chi connectivity index (χ0v) is 13.3. The van der Waals surface area contributed by atoms with Crippen LogP contribution in [0.15, 0.2) is 18.2 Å². The molecule has 6 heteroatoms. The predicted molar refractivity (Wildman–Crippen MR) is 82.9 cm³/mol. The number of likely N-dealkylation sites (N-methyl/N-ethyl adjacent to an activating group) is 1. The molecular weight excluding hydrogens is 273 g/mol. The summed E-state index contributed by atoms with van der Waals surface area (Å²) in [4.78, 5) is 15.5. The number of hydrogen-bond donors (Lipinski definition) is 1. The molecule has 0 saturated carbocycles. The fourth-order valence-corrected chi connectivity index (χ4v) is 1.67. The largest absolute Gasteiger partial charge is 0.443 e. The Morgan fingerprint density at radius 3 is 2.38 bits per heavy atom. The summed E-state index contributed by atoms with van der Waals surface area (Å²) < 4.78 is 19.4. The van der Waals surface area contributed by atoms with Crippen LogP contribution in [0.25, 0.3) is 0 Å². The van der Waals surface area contributed by atoms with Gasteiger partial charge in [-0.25, -0.2) is 9.18 Å². The van der Waals surface area contributed by atoms with E-state index >= 15 is 0 Å². The summed E-state index contributed by atoms with van der Waals surface area (Å²) in [6, 6.07) is 4.25. The minimum absolute atomic E-state index is 0.167. The summed E-state index contributed by atoms with van der Waals surface area (Å²) in [5.74, 6) is -0.542. The number of nitrogen functional groups attached to an aromatic ring is 1. The van der Waals surface area contributed by atoms with E-state index in [4.69, 9.17) is 10.5 Å². The Morgan fingerprint density at radius 1 is 1.29 bits per heavy atom. The lowest BCUT2D eigenvalue weighted by Gasteiger charge is -2.28. The first-order valence-corrected chi connectivity index (χ1v) is 6.80. The van der Waals surface area contributed by atoms with Gasteiger partial charge in [0.15, 0.2) is 0 Å². The molecule has 0 aliphatic rings. The van der Waals surface area contributed by atoms with Gasteiger partial charge in [-0.1, -0.05) is 0 Å². The molecule has 21 heavy (non-hydrogen) atoms. The van der Waals surface area contributed by atoms with Gasteiger partial charge in [-0.2, -0.15) is 0 Å². The Labute approximate surface area is 125 Å². The third kappa shape index (κ3) is 5.59. The van der Waals surface area contributed by atoms with Crippen LogP contribution >= 0.6 is 0 Å².